The quantitative estimate of drug-likeness (QED) is 0.629. The summed E-state index contributed by atoms with van der Waals surface area (Å²) in [5, 5.41) is 9.97. The van der Waals surface area contributed by atoms with E-state index in [1.165, 1.54) is 5.57 Å². The number of hydrogen-bond donors (Lipinski definition) is 1. The van der Waals surface area contributed by atoms with Gasteiger partial charge in [0.25, 0.3) is 0 Å². The Labute approximate surface area is 176 Å². The minimum Gasteiger partial charge on any atom is -0.461 e. The van der Waals surface area contributed by atoms with Crippen LogP contribution in [-0.2, 0) is 14.3 Å². The minimum absolute atomic E-state index is 0.0569. The van der Waals surface area contributed by atoms with E-state index in [0.717, 1.165) is 38.5 Å². The molecule has 29 heavy (non-hydrogen) atoms. The SMILES string of the molecule is CCC(C)(C)C(=O)O[C@H]1C[C@@H](C)C=C2C=C[C@H](C)[C@H](CC[C@@H]3C[C@@H](O)CCO3)[C@H]21. The molecular weight excluding hydrogens is 364 g/mol. The third-order valence-corrected chi connectivity index (χ3v) is 7.45. The molecule has 0 radical (unpaired) electrons. The van der Waals surface area contributed by atoms with Crippen LogP contribution in [0.4, 0.5) is 0 Å². The van der Waals surface area contributed by atoms with Crippen LogP contribution in [0.5, 0.6) is 0 Å². The van der Waals surface area contributed by atoms with Crippen molar-refractivity contribution in [2.75, 3.05) is 6.61 Å². The van der Waals surface area contributed by atoms with Gasteiger partial charge in [-0.05, 0) is 75.7 Å². The molecule has 164 valence electrons. The maximum Gasteiger partial charge on any atom is 0.311 e. The number of carbonyl (C=O) groups excluding carboxylic acids is 1. The van der Waals surface area contributed by atoms with Crippen molar-refractivity contribution < 1.29 is 19.4 Å². The zero-order valence-electron chi connectivity index (χ0n) is 18.9. The molecule has 4 heteroatoms. The van der Waals surface area contributed by atoms with E-state index in [9.17, 15) is 9.90 Å². The fraction of sp³-hybridized carbons (Fsp3) is 0.800. The molecule has 0 spiro atoms. The van der Waals surface area contributed by atoms with Gasteiger partial charge in [-0.2, -0.15) is 0 Å². The number of hydrogen-bond acceptors (Lipinski definition) is 4. The number of fused-ring (bicyclic) bond motifs is 1. The Hall–Kier alpha value is -1.13. The maximum absolute atomic E-state index is 12.9. The Morgan fingerprint density at radius 1 is 1.28 bits per heavy atom. The van der Waals surface area contributed by atoms with Crippen LogP contribution in [0.15, 0.2) is 23.8 Å². The summed E-state index contributed by atoms with van der Waals surface area (Å²) in [4.78, 5) is 12.9. The molecule has 2 aliphatic carbocycles. The van der Waals surface area contributed by atoms with Crippen molar-refractivity contribution in [1.29, 1.82) is 0 Å². The van der Waals surface area contributed by atoms with Crippen LogP contribution in [0, 0.1) is 29.1 Å². The van der Waals surface area contributed by atoms with E-state index in [1.54, 1.807) is 0 Å². The highest BCUT2D eigenvalue weighted by Gasteiger charge is 2.43. The molecule has 0 saturated carbocycles. The van der Waals surface area contributed by atoms with E-state index in [1.807, 2.05) is 20.8 Å². The third kappa shape index (κ3) is 5.32. The predicted molar refractivity (Wildman–Crippen MR) is 115 cm³/mol. The average Bonchev–Trinajstić information content (AvgIpc) is 2.67. The van der Waals surface area contributed by atoms with Crippen LogP contribution in [0.2, 0.25) is 0 Å². The lowest BCUT2D eigenvalue weighted by atomic mass is 9.65. The standard InChI is InChI=1S/C25H40O4/c1-6-25(4,5)24(27)29-22-14-16(2)13-18-8-7-17(3)21(23(18)22)10-9-20-15-19(26)11-12-28-20/h7-8,13,16-17,19-23,26H,6,9-12,14-15H2,1-5H3/t16-,17-,19-,20+,21-,22-,23-/m0/s1. The van der Waals surface area contributed by atoms with Gasteiger partial charge in [-0.1, -0.05) is 39.0 Å². The zero-order valence-corrected chi connectivity index (χ0v) is 18.9. The highest BCUT2D eigenvalue weighted by Crippen LogP contribution is 2.45. The number of aliphatic hydroxyl groups is 1. The van der Waals surface area contributed by atoms with Crippen molar-refractivity contribution in [1.82, 2.24) is 0 Å². The fourth-order valence-electron chi connectivity index (χ4n) is 5.10. The first-order valence-corrected chi connectivity index (χ1v) is 11.6. The highest BCUT2D eigenvalue weighted by atomic mass is 16.5. The summed E-state index contributed by atoms with van der Waals surface area (Å²) >= 11 is 0. The number of allylic oxidation sites excluding steroid dienone is 3. The Kier molecular flexibility index (Phi) is 7.27. The van der Waals surface area contributed by atoms with Gasteiger partial charge < -0.3 is 14.6 Å². The fourth-order valence-corrected chi connectivity index (χ4v) is 5.10. The summed E-state index contributed by atoms with van der Waals surface area (Å²) in [7, 11) is 0. The largest absolute Gasteiger partial charge is 0.461 e. The molecule has 0 amide bonds. The molecule has 0 aromatic heterocycles. The predicted octanol–water partition coefficient (Wildman–Crippen LogP) is 5.06. The molecule has 1 saturated heterocycles. The number of ether oxygens (including phenoxy) is 2. The molecule has 0 aromatic rings. The summed E-state index contributed by atoms with van der Waals surface area (Å²) in [5.74, 6) is 1.48. The van der Waals surface area contributed by atoms with E-state index >= 15 is 0 Å². The molecule has 7 atom stereocenters. The first kappa shape index (κ1) is 22.6. The lowest BCUT2D eigenvalue weighted by molar-refractivity contribution is -0.164. The maximum atomic E-state index is 12.9. The second-order valence-corrected chi connectivity index (χ2v) is 10.2. The van der Waals surface area contributed by atoms with Crippen LogP contribution in [0.3, 0.4) is 0 Å². The molecule has 0 bridgehead atoms. The van der Waals surface area contributed by atoms with E-state index in [0.29, 0.717) is 24.4 Å². The van der Waals surface area contributed by atoms with Gasteiger partial charge in [0.2, 0.25) is 0 Å². The topological polar surface area (TPSA) is 55.8 Å². The Balaban J connectivity index is 1.75. The second-order valence-electron chi connectivity index (χ2n) is 10.2. The van der Waals surface area contributed by atoms with Gasteiger partial charge in [0.05, 0.1) is 17.6 Å². The van der Waals surface area contributed by atoms with E-state index < -0.39 is 5.41 Å². The van der Waals surface area contributed by atoms with E-state index in [2.05, 4.69) is 32.1 Å². The lowest BCUT2D eigenvalue weighted by Gasteiger charge is -2.44. The van der Waals surface area contributed by atoms with Crippen molar-refractivity contribution in [3.05, 3.63) is 23.8 Å². The van der Waals surface area contributed by atoms with Gasteiger partial charge in [0.15, 0.2) is 0 Å². The summed E-state index contributed by atoms with van der Waals surface area (Å²) < 4.78 is 12.1. The van der Waals surface area contributed by atoms with Crippen molar-refractivity contribution in [2.24, 2.45) is 29.1 Å². The summed E-state index contributed by atoms with van der Waals surface area (Å²) in [6.07, 6.45) is 12.0. The number of aliphatic hydroxyl groups excluding tert-OH is 1. The smallest absolute Gasteiger partial charge is 0.311 e. The monoisotopic (exact) mass is 404 g/mol. The number of carbonyl (C=O) groups is 1. The van der Waals surface area contributed by atoms with Crippen molar-refractivity contribution in [2.45, 2.75) is 91.5 Å². The van der Waals surface area contributed by atoms with Crippen molar-refractivity contribution >= 4 is 5.97 Å². The van der Waals surface area contributed by atoms with Crippen LogP contribution in [-0.4, -0.2) is 36.0 Å². The molecule has 3 aliphatic rings. The van der Waals surface area contributed by atoms with Gasteiger partial charge in [0.1, 0.15) is 6.10 Å². The highest BCUT2D eigenvalue weighted by molar-refractivity contribution is 5.76. The first-order valence-electron chi connectivity index (χ1n) is 11.6. The number of rotatable bonds is 6. The Morgan fingerprint density at radius 3 is 2.72 bits per heavy atom. The number of esters is 1. The van der Waals surface area contributed by atoms with Crippen molar-refractivity contribution in [3.63, 3.8) is 0 Å². The molecule has 4 nitrogen and oxygen atoms in total. The van der Waals surface area contributed by atoms with Crippen LogP contribution >= 0.6 is 0 Å². The second kappa shape index (κ2) is 9.34. The summed E-state index contributed by atoms with van der Waals surface area (Å²) in [5.41, 5.74) is 0.894. The van der Waals surface area contributed by atoms with Gasteiger partial charge >= 0.3 is 5.97 Å². The Morgan fingerprint density at radius 2 is 2.03 bits per heavy atom. The summed E-state index contributed by atoms with van der Waals surface area (Å²) in [6, 6.07) is 0. The Bertz CT molecular complexity index is 635. The minimum atomic E-state index is -0.442. The normalized spacial score (nSPS) is 37.6. The summed E-state index contributed by atoms with van der Waals surface area (Å²) in [6.45, 7) is 11.2. The van der Waals surface area contributed by atoms with Gasteiger partial charge in [0, 0.05) is 12.5 Å². The molecule has 1 heterocycles. The molecule has 1 fully saturated rings. The lowest BCUT2D eigenvalue weighted by Crippen LogP contribution is -2.43. The van der Waals surface area contributed by atoms with Crippen LogP contribution in [0.1, 0.15) is 73.1 Å². The van der Waals surface area contributed by atoms with Gasteiger partial charge in [-0.3, -0.25) is 4.79 Å². The molecule has 3 rings (SSSR count). The molecule has 1 N–H and O–H groups in total. The van der Waals surface area contributed by atoms with Gasteiger partial charge in [-0.25, -0.2) is 0 Å². The van der Waals surface area contributed by atoms with Gasteiger partial charge in [-0.15, -0.1) is 0 Å². The van der Waals surface area contributed by atoms with E-state index in [-0.39, 0.29) is 30.2 Å². The molecule has 0 aromatic carbocycles. The molecule has 0 unspecified atom stereocenters. The van der Waals surface area contributed by atoms with Crippen LogP contribution in [0.25, 0.3) is 0 Å². The average molecular weight is 405 g/mol. The van der Waals surface area contributed by atoms with E-state index in [4.69, 9.17) is 9.47 Å². The first-order chi connectivity index (χ1) is 13.7. The molecular formula is C25H40O4. The molecule has 1 aliphatic heterocycles. The zero-order chi connectivity index (χ0) is 21.2. The third-order valence-electron chi connectivity index (χ3n) is 7.45. The van der Waals surface area contributed by atoms with Crippen molar-refractivity contribution in [3.8, 4) is 0 Å². The van der Waals surface area contributed by atoms with Crippen LogP contribution < -0.4 is 0 Å².